The van der Waals surface area contributed by atoms with Crippen molar-refractivity contribution in [2.75, 3.05) is 11.1 Å². The Bertz CT molecular complexity index is 557. The van der Waals surface area contributed by atoms with Gasteiger partial charge in [0.15, 0.2) is 0 Å². The average Bonchev–Trinajstić information content (AvgIpc) is 2.37. The predicted octanol–water partition coefficient (Wildman–Crippen LogP) is 2.18. The lowest BCUT2D eigenvalue weighted by molar-refractivity contribution is -0.383. The molecule has 0 amide bonds. The van der Waals surface area contributed by atoms with Gasteiger partial charge in [-0.2, -0.15) is 0 Å². The van der Waals surface area contributed by atoms with Gasteiger partial charge in [0.05, 0.1) is 17.3 Å². The third kappa shape index (κ3) is 2.54. The number of nitrogens with zero attached hydrogens (tertiary/aromatic N) is 2. The van der Waals surface area contributed by atoms with Crippen molar-refractivity contribution < 1.29 is 4.92 Å². The summed E-state index contributed by atoms with van der Waals surface area (Å²) in [5.41, 5.74) is 6.81. The SMILES string of the molecule is Nc1cncc(NCc2ccccc2)c1[N+](=O)[O-]. The Morgan fingerprint density at radius 1 is 1.28 bits per heavy atom. The largest absolute Gasteiger partial charge is 0.392 e. The van der Waals surface area contributed by atoms with Gasteiger partial charge in [0.2, 0.25) is 0 Å². The fraction of sp³-hybridized carbons (Fsp3) is 0.0833. The molecule has 0 bridgehead atoms. The molecule has 1 aromatic carbocycles. The van der Waals surface area contributed by atoms with Crippen molar-refractivity contribution in [3.05, 3.63) is 58.4 Å². The van der Waals surface area contributed by atoms with Crippen LogP contribution in [0, 0.1) is 10.1 Å². The Labute approximate surface area is 104 Å². The minimum atomic E-state index is -0.510. The maximum atomic E-state index is 10.9. The number of nitrogen functional groups attached to an aromatic ring is 1. The first kappa shape index (κ1) is 11.8. The standard InChI is InChI=1S/C12H12N4O2/c13-10-7-14-8-11(12(10)16(17)18)15-6-9-4-2-1-3-5-9/h1-5,7-8,15H,6,13H2. The Morgan fingerprint density at radius 3 is 2.67 bits per heavy atom. The summed E-state index contributed by atoms with van der Waals surface area (Å²) < 4.78 is 0. The van der Waals surface area contributed by atoms with E-state index in [1.807, 2.05) is 30.3 Å². The fourth-order valence-electron chi connectivity index (χ4n) is 1.60. The van der Waals surface area contributed by atoms with Crippen LogP contribution in [-0.2, 0) is 6.54 Å². The number of hydrogen-bond donors (Lipinski definition) is 2. The minimum Gasteiger partial charge on any atom is -0.392 e. The Hall–Kier alpha value is -2.63. The molecule has 6 heteroatoms. The molecule has 0 spiro atoms. The molecule has 0 saturated heterocycles. The van der Waals surface area contributed by atoms with E-state index < -0.39 is 4.92 Å². The van der Waals surface area contributed by atoms with E-state index >= 15 is 0 Å². The van der Waals surface area contributed by atoms with Crippen LogP contribution >= 0.6 is 0 Å². The molecule has 2 rings (SSSR count). The molecule has 0 aliphatic rings. The molecule has 2 aromatic rings. The van der Waals surface area contributed by atoms with Gasteiger partial charge in [0.25, 0.3) is 0 Å². The molecule has 18 heavy (non-hydrogen) atoms. The Morgan fingerprint density at radius 2 is 2.00 bits per heavy atom. The molecule has 0 aliphatic carbocycles. The van der Waals surface area contributed by atoms with E-state index in [-0.39, 0.29) is 11.4 Å². The number of aromatic nitrogens is 1. The second kappa shape index (κ2) is 5.13. The van der Waals surface area contributed by atoms with Gasteiger partial charge in [0.1, 0.15) is 11.4 Å². The van der Waals surface area contributed by atoms with Gasteiger partial charge in [0, 0.05) is 6.54 Å². The second-order valence-electron chi connectivity index (χ2n) is 3.72. The maximum absolute atomic E-state index is 10.9. The fourth-order valence-corrected chi connectivity index (χ4v) is 1.60. The maximum Gasteiger partial charge on any atom is 0.318 e. The molecule has 92 valence electrons. The van der Waals surface area contributed by atoms with Crippen molar-refractivity contribution in [2.24, 2.45) is 0 Å². The number of rotatable bonds is 4. The highest BCUT2D eigenvalue weighted by atomic mass is 16.6. The number of nitro groups is 1. The number of hydrogen-bond acceptors (Lipinski definition) is 5. The highest BCUT2D eigenvalue weighted by Gasteiger charge is 2.17. The molecule has 3 N–H and O–H groups in total. The third-order valence-corrected chi connectivity index (χ3v) is 2.45. The first-order valence-corrected chi connectivity index (χ1v) is 5.34. The molecular weight excluding hydrogens is 232 g/mol. The van der Waals surface area contributed by atoms with Crippen LogP contribution < -0.4 is 11.1 Å². The third-order valence-electron chi connectivity index (χ3n) is 2.45. The molecule has 1 heterocycles. The lowest BCUT2D eigenvalue weighted by atomic mass is 10.2. The summed E-state index contributed by atoms with van der Waals surface area (Å²) in [5, 5.41) is 13.9. The summed E-state index contributed by atoms with van der Waals surface area (Å²) in [7, 11) is 0. The lowest BCUT2D eigenvalue weighted by Gasteiger charge is -2.07. The molecular formula is C12H12N4O2. The van der Waals surface area contributed by atoms with Crippen molar-refractivity contribution in [1.29, 1.82) is 0 Å². The van der Waals surface area contributed by atoms with Crippen molar-refractivity contribution >= 4 is 17.1 Å². The van der Waals surface area contributed by atoms with E-state index in [9.17, 15) is 10.1 Å². The first-order chi connectivity index (χ1) is 8.68. The second-order valence-corrected chi connectivity index (χ2v) is 3.72. The van der Waals surface area contributed by atoms with Gasteiger partial charge in [-0.05, 0) is 5.56 Å². The molecule has 0 atom stereocenters. The molecule has 0 fully saturated rings. The summed E-state index contributed by atoms with van der Waals surface area (Å²) in [6.07, 6.45) is 2.67. The lowest BCUT2D eigenvalue weighted by Crippen LogP contribution is -2.05. The highest BCUT2D eigenvalue weighted by Crippen LogP contribution is 2.29. The van der Waals surface area contributed by atoms with Gasteiger partial charge >= 0.3 is 5.69 Å². The zero-order valence-electron chi connectivity index (χ0n) is 9.54. The van der Waals surface area contributed by atoms with Gasteiger partial charge in [-0.1, -0.05) is 30.3 Å². The van der Waals surface area contributed by atoms with E-state index in [1.165, 1.54) is 12.4 Å². The van der Waals surface area contributed by atoms with Crippen LogP contribution in [0.1, 0.15) is 5.56 Å². The van der Waals surface area contributed by atoms with Crippen LogP contribution in [0.2, 0.25) is 0 Å². The number of nitrogens with two attached hydrogens (primary N) is 1. The molecule has 0 unspecified atom stereocenters. The zero-order chi connectivity index (χ0) is 13.0. The summed E-state index contributed by atoms with van der Waals surface area (Å²) in [5.74, 6) is 0. The highest BCUT2D eigenvalue weighted by molar-refractivity contribution is 5.72. The quantitative estimate of drug-likeness (QED) is 0.635. The average molecular weight is 244 g/mol. The van der Waals surface area contributed by atoms with E-state index in [0.29, 0.717) is 12.2 Å². The van der Waals surface area contributed by atoms with Crippen molar-refractivity contribution in [3.8, 4) is 0 Å². The number of pyridine rings is 1. The zero-order valence-corrected chi connectivity index (χ0v) is 9.54. The van der Waals surface area contributed by atoms with Crippen molar-refractivity contribution in [3.63, 3.8) is 0 Å². The van der Waals surface area contributed by atoms with E-state index in [1.54, 1.807) is 0 Å². The monoisotopic (exact) mass is 244 g/mol. The predicted molar refractivity (Wildman–Crippen MR) is 69.1 cm³/mol. The van der Waals surface area contributed by atoms with Crippen LogP contribution in [0.3, 0.4) is 0 Å². The Balaban J connectivity index is 2.20. The van der Waals surface area contributed by atoms with Crippen LogP contribution in [0.5, 0.6) is 0 Å². The van der Waals surface area contributed by atoms with Crippen LogP contribution in [0.25, 0.3) is 0 Å². The van der Waals surface area contributed by atoms with E-state index in [0.717, 1.165) is 5.56 Å². The van der Waals surface area contributed by atoms with E-state index in [2.05, 4.69) is 10.3 Å². The van der Waals surface area contributed by atoms with E-state index in [4.69, 9.17) is 5.73 Å². The number of anilines is 2. The summed E-state index contributed by atoms with van der Waals surface area (Å²) in [6, 6.07) is 9.58. The molecule has 6 nitrogen and oxygen atoms in total. The molecule has 0 aliphatic heterocycles. The van der Waals surface area contributed by atoms with Gasteiger partial charge < -0.3 is 11.1 Å². The molecule has 0 saturated carbocycles. The van der Waals surface area contributed by atoms with Gasteiger partial charge in [-0.15, -0.1) is 0 Å². The molecule has 1 aromatic heterocycles. The van der Waals surface area contributed by atoms with Crippen LogP contribution in [0.4, 0.5) is 17.1 Å². The van der Waals surface area contributed by atoms with Crippen LogP contribution in [0.15, 0.2) is 42.7 Å². The first-order valence-electron chi connectivity index (χ1n) is 5.34. The normalized spacial score (nSPS) is 10.0. The summed E-state index contributed by atoms with van der Waals surface area (Å²) in [6.45, 7) is 0.479. The number of benzene rings is 1. The smallest absolute Gasteiger partial charge is 0.318 e. The topological polar surface area (TPSA) is 94.1 Å². The van der Waals surface area contributed by atoms with Gasteiger partial charge in [-0.25, -0.2) is 0 Å². The van der Waals surface area contributed by atoms with Gasteiger partial charge in [-0.3, -0.25) is 15.1 Å². The van der Waals surface area contributed by atoms with Crippen molar-refractivity contribution in [2.45, 2.75) is 6.54 Å². The molecule has 0 radical (unpaired) electrons. The minimum absolute atomic E-state index is 0.0538. The van der Waals surface area contributed by atoms with Crippen LogP contribution in [-0.4, -0.2) is 9.91 Å². The summed E-state index contributed by atoms with van der Waals surface area (Å²) >= 11 is 0. The summed E-state index contributed by atoms with van der Waals surface area (Å²) in [4.78, 5) is 14.2. The Kier molecular flexibility index (Phi) is 3.38. The van der Waals surface area contributed by atoms with Crippen molar-refractivity contribution in [1.82, 2.24) is 4.98 Å². The number of nitrogens with one attached hydrogen (secondary N) is 1.